The van der Waals surface area contributed by atoms with Gasteiger partial charge in [0.2, 0.25) is 0 Å². The van der Waals surface area contributed by atoms with Crippen LogP contribution >= 0.6 is 0 Å². The van der Waals surface area contributed by atoms with E-state index in [1.54, 1.807) is 0 Å². The Morgan fingerprint density at radius 3 is 2.55 bits per heavy atom. The van der Waals surface area contributed by atoms with Gasteiger partial charge in [-0.15, -0.1) is 0 Å². The lowest BCUT2D eigenvalue weighted by Crippen LogP contribution is -2.55. The zero-order valence-corrected chi connectivity index (χ0v) is 14.0. The average molecular weight is 282 g/mol. The maximum absolute atomic E-state index is 6.14. The van der Waals surface area contributed by atoms with E-state index in [-0.39, 0.29) is 5.60 Å². The van der Waals surface area contributed by atoms with E-state index < -0.39 is 0 Å². The van der Waals surface area contributed by atoms with E-state index >= 15 is 0 Å². The fraction of sp³-hybridized carbons (Fsp3) is 1.00. The van der Waals surface area contributed by atoms with Gasteiger partial charge in [0.25, 0.3) is 0 Å². The molecule has 2 rings (SSSR count). The fourth-order valence-corrected chi connectivity index (χ4v) is 4.23. The molecule has 2 aliphatic rings. The predicted octanol–water partition coefficient (Wildman–Crippen LogP) is 3.19. The topological polar surface area (TPSA) is 24.5 Å². The van der Waals surface area contributed by atoms with Crippen LogP contribution in [-0.4, -0.2) is 48.3 Å². The summed E-state index contributed by atoms with van der Waals surface area (Å²) >= 11 is 0. The number of hydrogen-bond donors (Lipinski definition) is 1. The van der Waals surface area contributed by atoms with Gasteiger partial charge in [-0.05, 0) is 52.0 Å². The Morgan fingerprint density at radius 2 is 1.95 bits per heavy atom. The SMILES string of the molecule is CCNC1CCN(C2CCOC(CC)(CC)C2)C(C)C1. The largest absolute Gasteiger partial charge is 0.375 e. The van der Waals surface area contributed by atoms with Crippen LogP contribution in [0.3, 0.4) is 0 Å². The molecule has 0 spiro atoms. The van der Waals surface area contributed by atoms with Gasteiger partial charge in [-0.1, -0.05) is 20.8 Å². The maximum Gasteiger partial charge on any atom is 0.0692 e. The minimum atomic E-state index is 0.154. The molecule has 2 saturated heterocycles. The second kappa shape index (κ2) is 7.24. The van der Waals surface area contributed by atoms with E-state index in [0.29, 0.717) is 6.04 Å². The highest BCUT2D eigenvalue weighted by Gasteiger charge is 2.39. The van der Waals surface area contributed by atoms with Crippen molar-refractivity contribution in [1.29, 1.82) is 0 Å². The van der Waals surface area contributed by atoms with Crippen LogP contribution < -0.4 is 5.32 Å². The zero-order valence-electron chi connectivity index (χ0n) is 14.0. The lowest BCUT2D eigenvalue weighted by atomic mass is 9.83. The lowest BCUT2D eigenvalue weighted by molar-refractivity contribution is -0.117. The Labute approximate surface area is 125 Å². The van der Waals surface area contributed by atoms with Crippen LogP contribution in [0.5, 0.6) is 0 Å². The van der Waals surface area contributed by atoms with E-state index in [0.717, 1.165) is 38.1 Å². The molecule has 0 aromatic carbocycles. The summed E-state index contributed by atoms with van der Waals surface area (Å²) in [7, 11) is 0. The highest BCUT2D eigenvalue weighted by molar-refractivity contribution is 4.93. The number of rotatable bonds is 5. The Hall–Kier alpha value is -0.120. The van der Waals surface area contributed by atoms with Gasteiger partial charge < -0.3 is 10.1 Å². The van der Waals surface area contributed by atoms with Crippen LogP contribution in [0, 0.1) is 0 Å². The standard InChI is InChI=1S/C17H34N2O/c1-5-17(6-2)13-16(9-11-20-17)19-10-8-15(18-7-3)12-14(19)4/h14-16,18H,5-13H2,1-4H3. The Balaban J connectivity index is 1.94. The minimum Gasteiger partial charge on any atom is -0.375 e. The number of piperidine rings is 1. The summed E-state index contributed by atoms with van der Waals surface area (Å²) in [5, 5.41) is 3.63. The molecule has 0 aliphatic carbocycles. The summed E-state index contributed by atoms with van der Waals surface area (Å²) < 4.78 is 6.14. The molecule has 3 atom stereocenters. The molecule has 2 fully saturated rings. The van der Waals surface area contributed by atoms with Gasteiger partial charge in [0, 0.05) is 31.3 Å². The minimum absolute atomic E-state index is 0.154. The van der Waals surface area contributed by atoms with Crippen molar-refractivity contribution >= 4 is 0 Å². The summed E-state index contributed by atoms with van der Waals surface area (Å²) in [5.41, 5.74) is 0.154. The van der Waals surface area contributed by atoms with Crippen LogP contribution in [-0.2, 0) is 4.74 Å². The molecule has 3 nitrogen and oxygen atoms in total. The van der Waals surface area contributed by atoms with Gasteiger partial charge in [0.15, 0.2) is 0 Å². The molecule has 0 aromatic rings. The summed E-state index contributed by atoms with van der Waals surface area (Å²) in [6.45, 7) is 12.5. The molecule has 3 unspecified atom stereocenters. The van der Waals surface area contributed by atoms with Crippen molar-refractivity contribution in [2.24, 2.45) is 0 Å². The first-order valence-corrected chi connectivity index (χ1v) is 8.77. The maximum atomic E-state index is 6.14. The number of nitrogens with one attached hydrogen (secondary N) is 1. The van der Waals surface area contributed by atoms with Crippen molar-refractivity contribution in [3.05, 3.63) is 0 Å². The van der Waals surface area contributed by atoms with Crippen LogP contribution in [0.4, 0.5) is 0 Å². The van der Waals surface area contributed by atoms with Crippen LogP contribution in [0.15, 0.2) is 0 Å². The summed E-state index contributed by atoms with van der Waals surface area (Å²) in [6, 6.07) is 2.18. The summed E-state index contributed by atoms with van der Waals surface area (Å²) in [4.78, 5) is 2.77. The van der Waals surface area contributed by atoms with Crippen LogP contribution in [0.25, 0.3) is 0 Å². The lowest BCUT2D eigenvalue weighted by Gasteiger charge is -2.48. The van der Waals surface area contributed by atoms with Crippen molar-refractivity contribution in [3.63, 3.8) is 0 Å². The monoisotopic (exact) mass is 282 g/mol. The van der Waals surface area contributed by atoms with Crippen molar-refractivity contribution in [2.45, 2.75) is 89.9 Å². The number of likely N-dealkylation sites (tertiary alicyclic amines) is 1. The van der Waals surface area contributed by atoms with Gasteiger partial charge in [-0.25, -0.2) is 0 Å². The molecule has 0 aromatic heterocycles. The average Bonchev–Trinajstić information content (AvgIpc) is 2.48. The van der Waals surface area contributed by atoms with Gasteiger partial charge >= 0.3 is 0 Å². The predicted molar refractivity (Wildman–Crippen MR) is 85.2 cm³/mol. The molecule has 0 saturated carbocycles. The van der Waals surface area contributed by atoms with E-state index in [2.05, 4.69) is 37.9 Å². The van der Waals surface area contributed by atoms with Crippen molar-refractivity contribution in [2.75, 3.05) is 19.7 Å². The van der Waals surface area contributed by atoms with Crippen LogP contribution in [0.2, 0.25) is 0 Å². The summed E-state index contributed by atoms with van der Waals surface area (Å²) in [6.07, 6.45) is 7.37. The molecule has 118 valence electrons. The first-order chi connectivity index (χ1) is 9.64. The Bertz CT molecular complexity index is 291. The highest BCUT2D eigenvalue weighted by atomic mass is 16.5. The van der Waals surface area contributed by atoms with Crippen molar-refractivity contribution in [1.82, 2.24) is 10.2 Å². The molecular formula is C17H34N2O. The van der Waals surface area contributed by atoms with Gasteiger partial charge in [-0.2, -0.15) is 0 Å². The van der Waals surface area contributed by atoms with Crippen molar-refractivity contribution in [3.8, 4) is 0 Å². The molecule has 20 heavy (non-hydrogen) atoms. The summed E-state index contributed by atoms with van der Waals surface area (Å²) in [5.74, 6) is 0. The molecule has 0 radical (unpaired) electrons. The van der Waals surface area contributed by atoms with E-state index in [9.17, 15) is 0 Å². The zero-order chi connectivity index (χ0) is 14.6. The first-order valence-electron chi connectivity index (χ1n) is 8.77. The fourth-order valence-electron chi connectivity index (χ4n) is 4.23. The van der Waals surface area contributed by atoms with E-state index in [1.165, 1.54) is 32.2 Å². The molecule has 2 aliphatic heterocycles. The second-order valence-corrected chi connectivity index (χ2v) is 6.75. The van der Waals surface area contributed by atoms with Gasteiger partial charge in [0.05, 0.1) is 5.60 Å². The van der Waals surface area contributed by atoms with Gasteiger partial charge in [-0.3, -0.25) is 4.90 Å². The number of ether oxygens (including phenoxy) is 1. The third kappa shape index (κ3) is 3.55. The van der Waals surface area contributed by atoms with E-state index in [1.807, 2.05) is 0 Å². The van der Waals surface area contributed by atoms with Gasteiger partial charge in [0.1, 0.15) is 0 Å². The molecular weight excluding hydrogens is 248 g/mol. The van der Waals surface area contributed by atoms with Crippen molar-refractivity contribution < 1.29 is 4.74 Å². The third-order valence-corrected chi connectivity index (χ3v) is 5.64. The highest BCUT2D eigenvalue weighted by Crippen LogP contribution is 2.35. The molecule has 0 amide bonds. The molecule has 2 heterocycles. The normalized spacial score (nSPS) is 35.1. The van der Waals surface area contributed by atoms with Crippen LogP contribution in [0.1, 0.15) is 66.2 Å². The first kappa shape index (κ1) is 16.3. The quantitative estimate of drug-likeness (QED) is 0.838. The van der Waals surface area contributed by atoms with E-state index in [4.69, 9.17) is 4.74 Å². The Morgan fingerprint density at radius 1 is 1.20 bits per heavy atom. The number of hydrogen-bond acceptors (Lipinski definition) is 3. The molecule has 0 bridgehead atoms. The number of nitrogens with zero attached hydrogens (tertiary/aromatic N) is 1. The molecule has 1 N–H and O–H groups in total. The third-order valence-electron chi connectivity index (χ3n) is 5.64. The molecule has 3 heteroatoms. The Kier molecular flexibility index (Phi) is 5.88. The smallest absolute Gasteiger partial charge is 0.0692 e. The second-order valence-electron chi connectivity index (χ2n) is 6.75.